The topological polar surface area (TPSA) is 98.2 Å². The van der Waals surface area contributed by atoms with Gasteiger partial charge in [-0.25, -0.2) is 4.79 Å². The number of hydrogen-bond acceptors (Lipinski definition) is 4. The fourth-order valence-electron chi connectivity index (χ4n) is 0.936. The Morgan fingerprint density at radius 1 is 1.31 bits per heavy atom. The summed E-state index contributed by atoms with van der Waals surface area (Å²) < 4.78 is 1.84. The van der Waals surface area contributed by atoms with Crippen LogP contribution >= 0.6 is 0 Å². The van der Waals surface area contributed by atoms with E-state index in [4.69, 9.17) is 11.1 Å². The first kappa shape index (κ1) is 8.99. The maximum atomic E-state index is 11.2. The van der Waals surface area contributed by atoms with E-state index in [1.54, 1.807) is 0 Å². The van der Waals surface area contributed by atoms with Gasteiger partial charge in [0, 0.05) is 14.1 Å². The lowest BCUT2D eigenvalue weighted by Crippen LogP contribution is -2.37. The Kier molecular flexibility index (Phi) is 1.90. The molecule has 0 spiro atoms. The van der Waals surface area contributed by atoms with Crippen molar-refractivity contribution in [2.24, 2.45) is 14.1 Å². The van der Waals surface area contributed by atoms with Gasteiger partial charge in [0.1, 0.15) is 0 Å². The summed E-state index contributed by atoms with van der Waals surface area (Å²) >= 11 is 0. The highest BCUT2D eigenvalue weighted by atomic mass is 16.2. The van der Waals surface area contributed by atoms with Crippen LogP contribution in [0.1, 0.15) is 0 Å². The van der Waals surface area contributed by atoms with E-state index in [1.165, 1.54) is 14.1 Å². The Morgan fingerprint density at radius 3 is 2.31 bits per heavy atom. The first-order valence-corrected chi connectivity index (χ1v) is 3.41. The van der Waals surface area contributed by atoms with Gasteiger partial charge in [0.25, 0.3) is 0 Å². The largest absolute Gasteiger partial charge is 0.489 e. The second-order valence-corrected chi connectivity index (χ2v) is 2.54. The average molecular weight is 182 g/mol. The third-order valence-electron chi connectivity index (χ3n) is 1.79. The van der Waals surface area contributed by atoms with E-state index in [-0.39, 0.29) is 11.5 Å². The van der Waals surface area contributed by atoms with Gasteiger partial charge in [-0.15, -0.1) is 0 Å². The summed E-state index contributed by atoms with van der Waals surface area (Å²) in [6, 6.07) is 0. The van der Waals surface area contributed by atoms with Gasteiger partial charge >= 0.3 is 16.9 Å². The Hall–Kier alpha value is -2.10. The molecule has 0 aliphatic carbocycles. The minimum atomic E-state index is -0.719. The number of anilines is 1. The Bertz CT molecular complexity index is 503. The molecule has 13 heavy (non-hydrogen) atoms. The number of aromatic nitrogens is 2. The second kappa shape index (κ2) is 2.75. The van der Waals surface area contributed by atoms with E-state index < -0.39 is 11.2 Å². The summed E-state index contributed by atoms with van der Waals surface area (Å²) in [5.74, 6) is -0.157. The number of nitrogens with zero attached hydrogens (tertiary/aromatic N) is 4. The molecular formula is C6H8N5O2+. The molecule has 0 aliphatic heterocycles. The van der Waals surface area contributed by atoms with Crippen LogP contribution in [0.2, 0.25) is 0 Å². The zero-order valence-electron chi connectivity index (χ0n) is 7.18. The van der Waals surface area contributed by atoms with E-state index in [0.717, 1.165) is 9.13 Å². The number of nitrogen functional groups attached to an aromatic ring is 1. The number of diazo groups is 1. The Labute approximate surface area is 72.6 Å². The van der Waals surface area contributed by atoms with E-state index in [2.05, 4.69) is 4.98 Å². The molecule has 1 rings (SSSR count). The number of nitrogens with two attached hydrogens (primary N) is 1. The highest BCUT2D eigenvalue weighted by Gasteiger charge is 2.23. The van der Waals surface area contributed by atoms with Crippen LogP contribution in [0.4, 0.5) is 11.5 Å². The molecule has 7 nitrogen and oxygen atoms in total. The standard InChI is InChI=1S/C6H7N5O2/c1-10-4(7)3(9-8)5(12)11(2)6(10)13/h1-2H3,(H-,7,12)/p+1. The summed E-state index contributed by atoms with van der Waals surface area (Å²) in [6.45, 7) is 0. The molecule has 1 aromatic rings. The van der Waals surface area contributed by atoms with Crippen LogP contribution in [0.25, 0.3) is 4.98 Å². The maximum absolute atomic E-state index is 11.2. The van der Waals surface area contributed by atoms with Crippen molar-refractivity contribution < 1.29 is 0 Å². The van der Waals surface area contributed by atoms with Crippen molar-refractivity contribution in [2.75, 3.05) is 5.73 Å². The fraction of sp³-hybridized carbons (Fsp3) is 0.333. The monoisotopic (exact) mass is 182 g/mol. The summed E-state index contributed by atoms with van der Waals surface area (Å²) in [5.41, 5.74) is 3.75. The highest BCUT2D eigenvalue weighted by Crippen LogP contribution is 2.11. The molecule has 2 N–H and O–H groups in total. The van der Waals surface area contributed by atoms with Gasteiger partial charge in [-0.1, -0.05) is 0 Å². The van der Waals surface area contributed by atoms with Crippen LogP contribution < -0.4 is 17.0 Å². The Morgan fingerprint density at radius 2 is 1.85 bits per heavy atom. The molecular weight excluding hydrogens is 174 g/mol. The van der Waals surface area contributed by atoms with E-state index in [0.29, 0.717) is 0 Å². The molecule has 0 radical (unpaired) electrons. The van der Waals surface area contributed by atoms with E-state index >= 15 is 0 Å². The van der Waals surface area contributed by atoms with Gasteiger partial charge in [-0.2, -0.15) is 0 Å². The van der Waals surface area contributed by atoms with E-state index in [1.807, 2.05) is 0 Å². The van der Waals surface area contributed by atoms with Crippen molar-refractivity contribution in [1.82, 2.24) is 9.13 Å². The SMILES string of the molecule is Cn1c(N)c([N+]#N)c(=O)n(C)c1=O. The summed E-state index contributed by atoms with van der Waals surface area (Å²) in [6.07, 6.45) is 0. The van der Waals surface area contributed by atoms with Crippen molar-refractivity contribution in [3.8, 4) is 0 Å². The second-order valence-electron chi connectivity index (χ2n) is 2.54. The molecule has 0 bridgehead atoms. The summed E-state index contributed by atoms with van der Waals surface area (Å²) in [7, 11) is 2.66. The summed E-state index contributed by atoms with van der Waals surface area (Å²) in [4.78, 5) is 25.1. The van der Waals surface area contributed by atoms with Crippen molar-refractivity contribution >= 4 is 11.5 Å². The smallest absolute Gasteiger partial charge is 0.378 e. The minimum absolute atomic E-state index is 0.157. The molecule has 0 unspecified atom stereocenters. The molecule has 0 aromatic carbocycles. The zero-order valence-corrected chi connectivity index (χ0v) is 7.18. The highest BCUT2D eigenvalue weighted by molar-refractivity contribution is 5.60. The van der Waals surface area contributed by atoms with Gasteiger partial charge in [-0.05, 0) is 0 Å². The van der Waals surface area contributed by atoms with Crippen LogP contribution in [-0.4, -0.2) is 9.13 Å². The van der Waals surface area contributed by atoms with Crippen LogP contribution in [0, 0.1) is 5.39 Å². The number of rotatable bonds is 0. The predicted molar refractivity (Wildman–Crippen MR) is 46.1 cm³/mol. The van der Waals surface area contributed by atoms with Crippen LogP contribution in [0.5, 0.6) is 0 Å². The van der Waals surface area contributed by atoms with Crippen molar-refractivity contribution in [1.29, 1.82) is 5.39 Å². The fourth-order valence-corrected chi connectivity index (χ4v) is 0.936. The van der Waals surface area contributed by atoms with Gasteiger partial charge in [-0.3, -0.25) is 13.9 Å². The van der Waals surface area contributed by atoms with Crippen molar-refractivity contribution in [3.63, 3.8) is 0 Å². The molecule has 1 heterocycles. The zero-order chi connectivity index (χ0) is 10.2. The van der Waals surface area contributed by atoms with Crippen molar-refractivity contribution in [3.05, 3.63) is 25.8 Å². The van der Waals surface area contributed by atoms with Crippen LogP contribution in [-0.2, 0) is 14.1 Å². The Balaban J connectivity index is 3.92. The van der Waals surface area contributed by atoms with Crippen LogP contribution in [0.15, 0.2) is 9.59 Å². The predicted octanol–water partition coefficient (Wildman–Crippen LogP) is -0.849. The lowest BCUT2D eigenvalue weighted by Gasteiger charge is -2.00. The van der Waals surface area contributed by atoms with E-state index in [9.17, 15) is 9.59 Å². The molecule has 68 valence electrons. The third kappa shape index (κ3) is 1.08. The molecule has 0 saturated heterocycles. The lowest BCUT2D eigenvalue weighted by atomic mass is 10.4. The molecule has 1 aromatic heterocycles. The average Bonchev–Trinajstić information content (AvgIpc) is 2.13. The molecule has 0 atom stereocenters. The first-order chi connectivity index (χ1) is 6.00. The molecule has 7 heteroatoms. The molecule has 0 saturated carbocycles. The third-order valence-corrected chi connectivity index (χ3v) is 1.79. The van der Waals surface area contributed by atoms with Gasteiger partial charge in [0.2, 0.25) is 11.2 Å². The van der Waals surface area contributed by atoms with Crippen molar-refractivity contribution in [2.45, 2.75) is 0 Å². The van der Waals surface area contributed by atoms with Gasteiger partial charge in [0.05, 0.1) is 0 Å². The number of hydrogen-bond donors (Lipinski definition) is 1. The van der Waals surface area contributed by atoms with Gasteiger partial charge < -0.3 is 5.73 Å². The first-order valence-electron chi connectivity index (χ1n) is 3.41. The maximum Gasteiger partial charge on any atom is 0.489 e. The lowest BCUT2D eigenvalue weighted by molar-refractivity contribution is 0.698. The normalized spacial score (nSPS) is 9.62. The minimum Gasteiger partial charge on any atom is -0.378 e. The van der Waals surface area contributed by atoms with Gasteiger partial charge in [0.15, 0.2) is 4.98 Å². The molecule has 0 aliphatic rings. The van der Waals surface area contributed by atoms with Crippen LogP contribution in [0.3, 0.4) is 0 Å². The quantitative estimate of drug-likeness (QED) is 0.528. The molecule has 0 fully saturated rings. The summed E-state index contributed by atoms with van der Waals surface area (Å²) in [5, 5.41) is 8.46. The molecule has 0 amide bonds.